The molecule has 4 aromatic rings. The van der Waals surface area contributed by atoms with Crippen LogP contribution in [0.3, 0.4) is 0 Å². The van der Waals surface area contributed by atoms with E-state index in [9.17, 15) is 35.5 Å². The molecule has 4 N–H and O–H groups in total. The lowest BCUT2D eigenvalue weighted by Gasteiger charge is -2.10. The van der Waals surface area contributed by atoms with Crippen molar-refractivity contribution in [3.8, 4) is 0 Å². The molecular formula is C22H22N10O8S4. The molecule has 0 saturated heterocycles. The zero-order valence-electron chi connectivity index (χ0n) is 22.6. The maximum absolute atomic E-state index is 12.4. The van der Waals surface area contributed by atoms with Crippen molar-refractivity contribution in [3.63, 3.8) is 0 Å². The zero-order valence-corrected chi connectivity index (χ0v) is 25.9. The van der Waals surface area contributed by atoms with E-state index in [0.29, 0.717) is 10.3 Å². The van der Waals surface area contributed by atoms with E-state index in [0.717, 1.165) is 35.7 Å². The summed E-state index contributed by atoms with van der Waals surface area (Å²) in [6.45, 7) is 0. The SMILES string of the molecule is Cn1nnnc1SCC(=O)Nc1ccc(/C=C/c2ccc(NC(=O)CSc3nnnn3C)cc2S(=O)(=O)O)c(S(=O)(=O)O)c1. The third-order valence-electron chi connectivity index (χ3n) is 5.42. The summed E-state index contributed by atoms with van der Waals surface area (Å²) in [5.41, 5.74) is 0.00514. The van der Waals surface area contributed by atoms with Crippen molar-refractivity contribution in [2.45, 2.75) is 20.1 Å². The van der Waals surface area contributed by atoms with Gasteiger partial charge < -0.3 is 10.6 Å². The Hall–Kier alpha value is -4.22. The van der Waals surface area contributed by atoms with Crippen LogP contribution in [-0.4, -0.2) is 89.7 Å². The Morgan fingerprint density at radius 3 is 1.45 bits per heavy atom. The van der Waals surface area contributed by atoms with Crippen LogP contribution in [0.25, 0.3) is 12.2 Å². The van der Waals surface area contributed by atoms with E-state index in [4.69, 9.17) is 0 Å². The maximum atomic E-state index is 12.4. The summed E-state index contributed by atoms with van der Waals surface area (Å²) in [4.78, 5) is 23.5. The maximum Gasteiger partial charge on any atom is 0.295 e. The molecule has 0 bridgehead atoms. The van der Waals surface area contributed by atoms with Crippen LogP contribution in [0.1, 0.15) is 11.1 Å². The Bertz CT molecular complexity index is 1820. The highest BCUT2D eigenvalue weighted by Crippen LogP contribution is 2.27. The lowest BCUT2D eigenvalue weighted by molar-refractivity contribution is -0.114. The summed E-state index contributed by atoms with van der Waals surface area (Å²) < 4.78 is 70.9. The van der Waals surface area contributed by atoms with E-state index in [1.54, 1.807) is 14.1 Å². The number of thioether (sulfide) groups is 2. The topological polar surface area (TPSA) is 254 Å². The van der Waals surface area contributed by atoms with Gasteiger partial charge in [0.2, 0.25) is 22.1 Å². The second kappa shape index (κ2) is 13.6. The standard InChI is InChI=1S/C22H22N10O8S4/c1-31-21(25-27-29-31)41-11-19(33)23-15-7-5-13(17(9-15)43(35,36)37)3-4-14-6-8-16(10-18(14)44(38,39)40)24-20(34)12-42-22-26-28-30-32(22)2/h3-10H,11-12H2,1-2H3,(H,23,33)(H,24,34)(H,35,36,37)(H,38,39,40)/b4-3+. The molecule has 0 aliphatic rings. The number of nitrogens with zero attached hydrogens (tertiary/aromatic N) is 8. The molecule has 0 aliphatic heterocycles. The van der Waals surface area contributed by atoms with Crippen molar-refractivity contribution < 1.29 is 35.5 Å². The van der Waals surface area contributed by atoms with Gasteiger partial charge in [-0.3, -0.25) is 18.7 Å². The number of anilines is 2. The van der Waals surface area contributed by atoms with Crippen LogP contribution in [0.2, 0.25) is 0 Å². The molecule has 2 aromatic carbocycles. The first kappa shape index (κ1) is 32.7. The van der Waals surface area contributed by atoms with Gasteiger partial charge in [0.1, 0.15) is 9.79 Å². The van der Waals surface area contributed by atoms with E-state index < -0.39 is 41.8 Å². The van der Waals surface area contributed by atoms with Gasteiger partial charge in [0.25, 0.3) is 20.2 Å². The van der Waals surface area contributed by atoms with Crippen molar-refractivity contribution in [3.05, 3.63) is 47.5 Å². The molecule has 18 nitrogen and oxygen atoms in total. The van der Waals surface area contributed by atoms with Gasteiger partial charge in [-0.15, -0.1) is 10.2 Å². The Morgan fingerprint density at radius 2 is 1.14 bits per heavy atom. The fourth-order valence-electron chi connectivity index (χ4n) is 3.47. The number of carbonyl (C=O) groups excluding carboxylic acids is 2. The summed E-state index contributed by atoms with van der Waals surface area (Å²) in [5.74, 6) is -1.19. The Kier molecular flexibility index (Phi) is 10.1. The molecule has 0 radical (unpaired) electrons. The number of tetrazole rings is 2. The number of hydrogen-bond acceptors (Lipinski definition) is 14. The van der Waals surface area contributed by atoms with E-state index >= 15 is 0 Å². The van der Waals surface area contributed by atoms with E-state index in [2.05, 4.69) is 41.7 Å². The summed E-state index contributed by atoms with van der Waals surface area (Å²) in [5, 5.41) is 27.5. The van der Waals surface area contributed by atoms with Crippen molar-refractivity contribution in [1.82, 2.24) is 40.4 Å². The van der Waals surface area contributed by atoms with Crippen molar-refractivity contribution >= 4 is 79.1 Å². The first-order valence-electron chi connectivity index (χ1n) is 11.9. The van der Waals surface area contributed by atoms with Crippen LogP contribution < -0.4 is 10.6 Å². The normalized spacial score (nSPS) is 12.0. The second-order valence-corrected chi connectivity index (χ2v) is 13.3. The highest BCUT2D eigenvalue weighted by Gasteiger charge is 2.19. The summed E-state index contributed by atoms with van der Waals surface area (Å²) in [7, 11) is -6.41. The van der Waals surface area contributed by atoms with Gasteiger partial charge in [-0.05, 0) is 56.2 Å². The van der Waals surface area contributed by atoms with Crippen LogP contribution in [-0.2, 0) is 43.9 Å². The van der Waals surface area contributed by atoms with Crippen molar-refractivity contribution in [1.29, 1.82) is 0 Å². The average molecular weight is 683 g/mol. The molecule has 44 heavy (non-hydrogen) atoms. The Morgan fingerprint density at radius 1 is 0.750 bits per heavy atom. The van der Waals surface area contributed by atoms with E-state index in [-0.39, 0.29) is 34.0 Å². The molecule has 22 heteroatoms. The molecule has 2 amide bonds. The summed E-state index contributed by atoms with van der Waals surface area (Å²) >= 11 is 2.09. The van der Waals surface area contributed by atoms with Gasteiger partial charge >= 0.3 is 0 Å². The molecule has 4 rings (SSSR count). The molecule has 2 heterocycles. The Labute approximate surface area is 258 Å². The van der Waals surface area contributed by atoms with Crippen LogP contribution in [0, 0.1) is 0 Å². The molecule has 0 unspecified atom stereocenters. The largest absolute Gasteiger partial charge is 0.325 e. The molecule has 232 valence electrons. The van der Waals surface area contributed by atoms with Crippen LogP contribution in [0.15, 0.2) is 56.5 Å². The lowest BCUT2D eigenvalue weighted by atomic mass is 10.1. The monoisotopic (exact) mass is 682 g/mol. The molecular weight excluding hydrogens is 661 g/mol. The first-order valence-corrected chi connectivity index (χ1v) is 16.8. The molecule has 0 spiro atoms. The van der Waals surface area contributed by atoms with Gasteiger partial charge in [0.15, 0.2) is 0 Å². The van der Waals surface area contributed by atoms with Crippen molar-refractivity contribution in [2.75, 3.05) is 22.1 Å². The predicted molar refractivity (Wildman–Crippen MR) is 158 cm³/mol. The number of aromatic nitrogens is 8. The number of hydrogen-bond donors (Lipinski definition) is 4. The van der Waals surface area contributed by atoms with Gasteiger partial charge in [-0.1, -0.05) is 47.8 Å². The van der Waals surface area contributed by atoms with Crippen LogP contribution >= 0.6 is 23.5 Å². The molecule has 0 fully saturated rings. The minimum Gasteiger partial charge on any atom is -0.325 e. The molecule has 0 atom stereocenters. The molecule has 2 aromatic heterocycles. The highest BCUT2D eigenvalue weighted by atomic mass is 32.2. The number of nitrogens with one attached hydrogen (secondary N) is 2. The van der Waals surface area contributed by atoms with Gasteiger partial charge in [0.05, 0.1) is 11.5 Å². The van der Waals surface area contributed by atoms with Gasteiger partial charge in [-0.25, -0.2) is 9.36 Å². The number of amides is 2. The minimum atomic E-state index is -4.80. The van der Waals surface area contributed by atoms with E-state index in [1.807, 2.05) is 0 Å². The van der Waals surface area contributed by atoms with Gasteiger partial charge in [-0.2, -0.15) is 16.8 Å². The highest BCUT2D eigenvalue weighted by molar-refractivity contribution is 8.00. The number of rotatable bonds is 12. The van der Waals surface area contributed by atoms with E-state index in [1.165, 1.54) is 45.8 Å². The summed E-state index contributed by atoms with van der Waals surface area (Å²) in [6, 6.07) is 7.36. The Balaban J connectivity index is 1.51. The number of carbonyl (C=O) groups is 2. The smallest absolute Gasteiger partial charge is 0.295 e. The first-order chi connectivity index (χ1) is 20.7. The number of aryl methyl sites for hydroxylation is 2. The minimum absolute atomic E-state index is 0.0565. The quantitative estimate of drug-likeness (QED) is 0.0918. The van der Waals surface area contributed by atoms with Crippen LogP contribution in [0.4, 0.5) is 11.4 Å². The third kappa shape index (κ3) is 8.67. The van der Waals surface area contributed by atoms with Gasteiger partial charge in [0, 0.05) is 25.5 Å². The van der Waals surface area contributed by atoms with Crippen molar-refractivity contribution in [2.24, 2.45) is 14.1 Å². The fourth-order valence-corrected chi connectivity index (χ4v) is 6.19. The van der Waals surface area contributed by atoms with Crippen LogP contribution in [0.5, 0.6) is 0 Å². The average Bonchev–Trinajstić information content (AvgIpc) is 3.56. The summed E-state index contributed by atoms with van der Waals surface area (Å²) in [6.07, 6.45) is 2.39. The second-order valence-electron chi connectivity index (χ2n) is 8.63. The molecule has 0 saturated carbocycles. The zero-order chi connectivity index (χ0) is 32.1. The lowest BCUT2D eigenvalue weighted by Crippen LogP contribution is -2.15. The number of benzene rings is 2. The third-order valence-corrected chi connectivity index (χ3v) is 9.26. The molecule has 0 aliphatic carbocycles. The fraction of sp³-hybridized carbons (Fsp3) is 0.182. The predicted octanol–water partition coefficient (Wildman–Crippen LogP) is 0.859.